The van der Waals surface area contributed by atoms with Crippen LogP contribution in [-0.2, 0) is 9.59 Å². The molecule has 1 atom stereocenters. The van der Waals surface area contributed by atoms with Crippen molar-refractivity contribution in [2.45, 2.75) is 57.0 Å². The summed E-state index contributed by atoms with van der Waals surface area (Å²) in [5, 5.41) is 6.49. The molecular weight excluding hydrogens is 388 g/mol. The van der Waals surface area contributed by atoms with E-state index in [9.17, 15) is 9.59 Å². The monoisotopic (exact) mass is 424 g/mol. The second kappa shape index (κ2) is 8.55. The first kappa shape index (κ1) is 21.0. The van der Waals surface area contributed by atoms with Crippen molar-refractivity contribution >= 4 is 17.5 Å². The van der Waals surface area contributed by atoms with Crippen molar-refractivity contribution in [1.82, 2.24) is 15.1 Å². The summed E-state index contributed by atoms with van der Waals surface area (Å²) in [5.41, 5.74) is 0.915. The number of anilines is 1. The molecule has 6 rings (SSSR count). The van der Waals surface area contributed by atoms with Crippen LogP contribution in [0.1, 0.15) is 45.4 Å². The van der Waals surface area contributed by atoms with Crippen LogP contribution in [0.2, 0.25) is 0 Å². The van der Waals surface area contributed by atoms with Crippen molar-refractivity contribution in [1.29, 1.82) is 0 Å². The molecule has 5 aliphatic rings. The molecule has 1 saturated heterocycles. The highest BCUT2D eigenvalue weighted by molar-refractivity contribution is 5.92. The summed E-state index contributed by atoms with van der Waals surface area (Å²) < 4.78 is 0. The number of benzene rings is 1. The SMILES string of the molecule is CC(C(=O)NC12CC3CC(CC(C3)C1)C2)N1CCN(CC(=O)Nc2ccccc2)CC1. The first-order chi connectivity index (χ1) is 15.0. The average Bonchev–Trinajstić information content (AvgIpc) is 2.73. The Labute approximate surface area is 185 Å². The quantitative estimate of drug-likeness (QED) is 0.737. The van der Waals surface area contributed by atoms with Gasteiger partial charge in [-0.3, -0.25) is 19.4 Å². The van der Waals surface area contributed by atoms with Gasteiger partial charge in [0, 0.05) is 37.4 Å². The van der Waals surface area contributed by atoms with E-state index in [1.54, 1.807) is 0 Å². The van der Waals surface area contributed by atoms with Crippen LogP contribution in [0, 0.1) is 17.8 Å². The van der Waals surface area contributed by atoms with Gasteiger partial charge in [0.25, 0.3) is 0 Å². The first-order valence-electron chi connectivity index (χ1n) is 12.1. The predicted octanol–water partition coefficient (Wildman–Crippen LogP) is 2.72. The largest absolute Gasteiger partial charge is 0.349 e. The number of para-hydroxylation sites is 1. The van der Waals surface area contributed by atoms with Crippen molar-refractivity contribution < 1.29 is 9.59 Å². The highest BCUT2D eigenvalue weighted by Gasteiger charge is 2.51. The average molecular weight is 425 g/mol. The zero-order valence-electron chi connectivity index (χ0n) is 18.7. The summed E-state index contributed by atoms with van der Waals surface area (Å²) >= 11 is 0. The van der Waals surface area contributed by atoms with Gasteiger partial charge < -0.3 is 10.6 Å². The number of hydrogen-bond donors (Lipinski definition) is 2. The minimum atomic E-state index is -0.103. The van der Waals surface area contributed by atoms with E-state index in [-0.39, 0.29) is 23.4 Å². The smallest absolute Gasteiger partial charge is 0.238 e. The van der Waals surface area contributed by atoms with Crippen LogP contribution in [-0.4, -0.2) is 65.9 Å². The number of amides is 2. The summed E-state index contributed by atoms with van der Waals surface area (Å²) in [7, 11) is 0. The van der Waals surface area contributed by atoms with Crippen LogP contribution in [0.25, 0.3) is 0 Å². The number of piperazine rings is 1. The maximum Gasteiger partial charge on any atom is 0.238 e. The molecule has 6 nitrogen and oxygen atoms in total. The van der Waals surface area contributed by atoms with E-state index >= 15 is 0 Å². The number of hydrogen-bond acceptors (Lipinski definition) is 4. The number of rotatable bonds is 6. The van der Waals surface area contributed by atoms with Gasteiger partial charge in [-0.2, -0.15) is 0 Å². The van der Waals surface area contributed by atoms with E-state index < -0.39 is 0 Å². The number of carbonyl (C=O) groups excluding carboxylic acids is 2. The molecule has 4 bridgehead atoms. The van der Waals surface area contributed by atoms with Crippen molar-refractivity contribution in [3.8, 4) is 0 Å². The highest BCUT2D eigenvalue weighted by atomic mass is 16.2. The topological polar surface area (TPSA) is 64.7 Å². The summed E-state index contributed by atoms with van der Waals surface area (Å²) in [4.78, 5) is 29.9. The third-order valence-electron chi connectivity index (χ3n) is 8.19. The molecule has 31 heavy (non-hydrogen) atoms. The lowest BCUT2D eigenvalue weighted by Gasteiger charge is -2.57. The van der Waals surface area contributed by atoms with Crippen LogP contribution in [0.4, 0.5) is 5.69 Å². The molecular formula is C25H36N4O2. The molecule has 1 heterocycles. The normalized spacial score (nSPS) is 33.8. The summed E-state index contributed by atoms with van der Waals surface area (Å²) in [6.07, 6.45) is 7.77. The Morgan fingerprint density at radius 2 is 1.55 bits per heavy atom. The predicted molar refractivity (Wildman–Crippen MR) is 122 cm³/mol. The molecule has 0 aromatic heterocycles. The minimum absolute atomic E-state index is 0.0206. The molecule has 4 aliphatic carbocycles. The number of nitrogens with zero attached hydrogens (tertiary/aromatic N) is 2. The number of carbonyl (C=O) groups is 2. The second-order valence-electron chi connectivity index (χ2n) is 10.6. The van der Waals surface area contributed by atoms with E-state index in [0.29, 0.717) is 6.54 Å². The highest BCUT2D eigenvalue weighted by Crippen LogP contribution is 2.55. The van der Waals surface area contributed by atoms with E-state index in [1.165, 1.54) is 38.5 Å². The third kappa shape index (κ3) is 4.65. The Balaban J connectivity index is 1.09. The van der Waals surface area contributed by atoms with E-state index in [2.05, 4.69) is 20.4 Å². The zero-order valence-corrected chi connectivity index (χ0v) is 18.7. The van der Waals surface area contributed by atoms with Crippen molar-refractivity contribution in [3.63, 3.8) is 0 Å². The van der Waals surface area contributed by atoms with Gasteiger partial charge in [-0.1, -0.05) is 18.2 Å². The molecule has 1 aromatic carbocycles. The molecule has 1 aliphatic heterocycles. The Bertz CT molecular complexity index is 768. The standard InChI is InChI=1S/C25H36N4O2/c1-18(24(31)27-25-14-19-11-20(15-25)13-21(12-19)16-25)29-9-7-28(8-10-29)17-23(30)26-22-5-3-2-4-6-22/h2-6,18-21H,7-17H2,1H3,(H,26,30)(H,27,31). The van der Waals surface area contributed by atoms with Gasteiger partial charge >= 0.3 is 0 Å². The Morgan fingerprint density at radius 3 is 2.13 bits per heavy atom. The van der Waals surface area contributed by atoms with E-state index in [0.717, 1.165) is 49.6 Å². The second-order valence-corrected chi connectivity index (χ2v) is 10.6. The maximum atomic E-state index is 13.2. The molecule has 5 fully saturated rings. The minimum Gasteiger partial charge on any atom is -0.349 e. The lowest BCUT2D eigenvalue weighted by Crippen LogP contribution is -2.63. The lowest BCUT2D eigenvalue weighted by molar-refractivity contribution is -0.132. The lowest BCUT2D eigenvalue weighted by atomic mass is 9.53. The molecule has 2 N–H and O–H groups in total. The molecule has 0 radical (unpaired) electrons. The van der Waals surface area contributed by atoms with Gasteiger partial charge in [0.2, 0.25) is 11.8 Å². The fourth-order valence-corrected chi connectivity index (χ4v) is 7.03. The van der Waals surface area contributed by atoms with Crippen molar-refractivity contribution in [2.24, 2.45) is 17.8 Å². The van der Waals surface area contributed by atoms with Gasteiger partial charge in [-0.15, -0.1) is 0 Å². The van der Waals surface area contributed by atoms with Gasteiger partial charge in [0.15, 0.2) is 0 Å². The van der Waals surface area contributed by atoms with Gasteiger partial charge in [-0.25, -0.2) is 0 Å². The van der Waals surface area contributed by atoms with Gasteiger partial charge in [0.1, 0.15) is 0 Å². The van der Waals surface area contributed by atoms with E-state index in [1.807, 2.05) is 37.3 Å². The molecule has 4 saturated carbocycles. The molecule has 1 aromatic rings. The summed E-state index contributed by atoms with van der Waals surface area (Å²) in [5.74, 6) is 2.75. The summed E-state index contributed by atoms with van der Waals surface area (Å²) in [6.45, 7) is 5.74. The Hall–Kier alpha value is -1.92. The molecule has 1 unspecified atom stereocenters. The Kier molecular flexibility index (Phi) is 5.78. The van der Waals surface area contributed by atoms with E-state index in [4.69, 9.17) is 0 Å². The molecule has 2 amide bonds. The zero-order chi connectivity index (χ0) is 21.4. The summed E-state index contributed by atoms with van der Waals surface area (Å²) in [6, 6.07) is 9.48. The van der Waals surface area contributed by atoms with Crippen LogP contribution < -0.4 is 10.6 Å². The van der Waals surface area contributed by atoms with Crippen LogP contribution in [0.3, 0.4) is 0 Å². The van der Waals surface area contributed by atoms with Crippen molar-refractivity contribution in [2.75, 3.05) is 38.0 Å². The molecule has 168 valence electrons. The fraction of sp³-hybridized carbons (Fsp3) is 0.680. The van der Waals surface area contributed by atoms with Crippen molar-refractivity contribution in [3.05, 3.63) is 30.3 Å². The Morgan fingerprint density at radius 1 is 0.968 bits per heavy atom. The van der Waals surface area contributed by atoms with Crippen LogP contribution in [0.5, 0.6) is 0 Å². The molecule has 0 spiro atoms. The third-order valence-corrected chi connectivity index (χ3v) is 8.19. The van der Waals surface area contributed by atoms with Crippen LogP contribution in [0.15, 0.2) is 30.3 Å². The number of nitrogens with one attached hydrogen (secondary N) is 2. The van der Waals surface area contributed by atoms with Gasteiger partial charge in [-0.05, 0) is 75.3 Å². The van der Waals surface area contributed by atoms with Crippen LogP contribution >= 0.6 is 0 Å². The maximum absolute atomic E-state index is 13.2. The molecule has 6 heteroatoms. The van der Waals surface area contributed by atoms with Gasteiger partial charge in [0.05, 0.1) is 12.6 Å². The first-order valence-corrected chi connectivity index (χ1v) is 12.1. The fourth-order valence-electron chi connectivity index (χ4n) is 7.03.